The van der Waals surface area contributed by atoms with Crippen LogP contribution in [0.4, 0.5) is 22.0 Å². The number of carbonyl (C=O) groups is 1. The topological polar surface area (TPSA) is 46.3 Å². The smallest absolute Gasteiger partial charge is 0.337 e. The van der Waals surface area contributed by atoms with Gasteiger partial charge in [0.1, 0.15) is 0 Å². The number of rotatable bonds is 1. The third-order valence-corrected chi connectivity index (χ3v) is 2.45. The largest absolute Gasteiger partial charge is 0.463 e. The van der Waals surface area contributed by atoms with Crippen molar-refractivity contribution in [2.24, 2.45) is 5.73 Å². The van der Waals surface area contributed by atoms with E-state index in [1.54, 1.807) is 0 Å². The molecule has 1 amide bonds. The molecule has 0 unspecified atom stereocenters. The maximum absolute atomic E-state index is 12.7. The molecule has 0 atom stereocenters. The zero-order chi connectivity index (χ0) is 12.6. The molecular weight excluding hydrogens is 235 g/mol. The van der Waals surface area contributed by atoms with Gasteiger partial charge in [-0.2, -0.15) is 22.0 Å². The van der Waals surface area contributed by atoms with Gasteiger partial charge in [-0.05, 0) is 12.8 Å². The highest BCUT2D eigenvalue weighted by Gasteiger charge is 2.64. The van der Waals surface area contributed by atoms with Crippen molar-refractivity contribution in [1.82, 2.24) is 4.90 Å². The molecule has 1 aliphatic heterocycles. The number of hydrogen-bond donors (Lipinski definition) is 1. The minimum Gasteiger partial charge on any atom is -0.337 e. The van der Waals surface area contributed by atoms with Crippen molar-refractivity contribution in [3.8, 4) is 0 Å². The molecule has 8 heteroatoms. The summed E-state index contributed by atoms with van der Waals surface area (Å²) in [5, 5.41) is 0. The molecule has 94 valence electrons. The summed E-state index contributed by atoms with van der Waals surface area (Å²) in [6.07, 6.45) is -5.37. The second kappa shape index (κ2) is 4.15. The summed E-state index contributed by atoms with van der Waals surface area (Å²) in [4.78, 5) is 11.5. The highest BCUT2D eigenvalue weighted by atomic mass is 19.4. The number of nitrogens with two attached hydrogens (primary N) is 1. The van der Waals surface area contributed by atoms with Gasteiger partial charge in [0.25, 0.3) is 0 Å². The molecular formula is C8H11F5N2O. The Labute approximate surface area is 88.4 Å². The van der Waals surface area contributed by atoms with Gasteiger partial charge in [0.2, 0.25) is 0 Å². The van der Waals surface area contributed by atoms with Crippen molar-refractivity contribution in [1.29, 1.82) is 0 Å². The van der Waals surface area contributed by atoms with E-state index in [1.807, 2.05) is 0 Å². The van der Waals surface area contributed by atoms with Crippen molar-refractivity contribution in [2.75, 3.05) is 13.1 Å². The van der Waals surface area contributed by atoms with Crippen LogP contribution in [0.1, 0.15) is 12.8 Å². The molecule has 1 rings (SSSR count). The van der Waals surface area contributed by atoms with E-state index >= 15 is 0 Å². The standard InChI is InChI=1S/C8H11F5N2O/c9-7(10,8(11,12)13)6(16)15-3-1-5(14)2-4-15/h5H,1-4,14H2. The Bertz CT molecular complexity index is 270. The van der Waals surface area contributed by atoms with E-state index in [2.05, 4.69) is 0 Å². The lowest BCUT2D eigenvalue weighted by Crippen LogP contribution is -2.54. The van der Waals surface area contributed by atoms with Crippen LogP contribution in [0, 0.1) is 0 Å². The van der Waals surface area contributed by atoms with Crippen LogP contribution in [0.3, 0.4) is 0 Å². The van der Waals surface area contributed by atoms with E-state index in [9.17, 15) is 26.7 Å². The normalized spacial score (nSPS) is 20.0. The summed E-state index contributed by atoms with van der Waals surface area (Å²) in [6.45, 7) is -0.322. The molecule has 0 aliphatic carbocycles. The maximum atomic E-state index is 12.7. The van der Waals surface area contributed by atoms with Crippen LogP contribution >= 0.6 is 0 Å². The van der Waals surface area contributed by atoms with Gasteiger partial charge in [-0.3, -0.25) is 4.79 Å². The number of nitrogens with zero attached hydrogens (tertiary/aromatic N) is 1. The van der Waals surface area contributed by atoms with Crippen molar-refractivity contribution < 1.29 is 26.7 Å². The molecule has 16 heavy (non-hydrogen) atoms. The summed E-state index contributed by atoms with van der Waals surface area (Å²) in [6, 6.07) is -0.247. The molecule has 1 saturated heterocycles. The minimum absolute atomic E-state index is 0.161. The first kappa shape index (κ1) is 13.1. The second-order valence-corrected chi connectivity index (χ2v) is 3.70. The molecule has 0 aromatic heterocycles. The van der Waals surface area contributed by atoms with Gasteiger partial charge >= 0.3 is 18.0 Å². The third kappa shape index (κ3) is 2.42. The van der Waals surface area contributed by atoms with Gasteiger partial charge in [0.15, 0.2) is 0 Å². The SMILES string of the molecule is NC1CCN(C(=O)C(F)(F)C(F)(F)F)CC1. The number of halogens is 5. The molecule has 0 aromatic rings. The van der Waals surface area contributed by atoms with E-state index in [0.717, 1.165) is 0 Å². The molecule has 1 fully saturated rings. The molecule has 0 bridgehead atoms. The van der Waals surface area contributed by atoms with Crippen LogP contribution in [0.25, 0.3) is 0 Å². The Morgan fingerprint density at radius 1 is 1.12 bits per heavy atom. The fourth-order valence-corrected chi connectivity index (χ4v) is 1.42. The van der Waals surface area contributed by atoms with Crippen LogP contribution in [-0.2, 0) is 4.79 Å². The molecule has 0 saturated carbocycles. The Morgan fingerprint density at radius 3 is 1.94 bits per heavy atom. The Hall–Kier alpha value is -0.920. The van der Waals surface area contributed by atoms with Gasteiger partial charge in [0.05, 0.1) is 0 Å². The number of likely N-dealkylation sites (tertiary alicyclic amines) is 1. The summed E-state index contributed by atoms with van der Waals surface area (Å²) >= 11 is 0. The first-order valence-electron chi connectivity index (χ1n) is 4.65. The number of piperidine rings is 1. The van der Waals surface area contributed by atoms with E-state index in [-0.39, 0.29) is 32.0 Å². The lowest BCUT2D eigenvalue weighted by molar-refractivity contribution is -0.274. The second-order valence-electron chi connectivity index (χ2n) is 3.70. The van der Waals surface area contributed by atoms with E-state index in [4.69, 9.17) is 5.73 Å². The molecule has 3 nitrogen and oxygen atoms in total. The van der Waals surface area contributed by atoms with Crippen LogP contribution in [0.2, 0.25) is 0 Å². The third-order valence-electron chi connectivity index (χ3n) is 2.45. The zero-order valence-corrected chi connectivity index (χ0v) is 8.23. The van der Waals surface area contributed by atoms with Gasteiger partial charge in [0, 0.05) is 19.1 Å². The van der Waals surface area contributed by atoms with Crippen LogP contribution in [0.15, 0.2) is 0 Å². The quantitative estimate of drug-likeness (QED) is 0.705. The summed E-state index contributed by atoms with van der Waals surface area (Å²) in [7, 11) is 0. The highest BCUT2D eigenvalue weighted by molar-refractivity contribution is 5.84. The van der Waals surface area contributed by atoms with E-state index in [0.29, 0.717) is 4.90 Å². The fraction of sp³-hybridized carbons (Fsp3) is 0.875. The number of hydrogen-bond acceptors (Lipinski definition) is 2. The van der Waals surface area contributed by atoms with Crippen molar-refractivity contribution in [2.45, 2.75) is 31.0 Å². The molecule has 0 spiro atoms. The zero-order valence-electron chi connectivity index (χ0n) is 8.23. The predicted octanol–water partition coefficient (Wildman–Crippen LogP) is 1.13. The summed E-state index contributed by atoms with van der Waals surface area (Å²) in [5.41, 5.74) is 5.44. The van der Waals surface area contributed by atoms with Crippen molar-refractivity contribution >= 4 is 5.91 Å². The van der Waals surface area contributed by atoms with E-state index < -0.39 is 18.0 Å². The molecule has 0 radical (unpaired) electrons. The van der Waals surface area contributed by atoms with Gasteiger partial charge in [-0.25, -0.2) is 0 Å². The Morgan fingerprint density at radius 2 is 1.56 bits per heavy atom. The lowest BCUT2D eigenvalue weighted by Gasteiger charge is -2.33. The van der Waals surface area contributed by atoms with Crippen molar-refractivity contribution in [3.05, 3.63) is 0 Å². The monoisotopic (exact) mass is 246 g/mol. The molecule has 2 N–H and O–H groups in total. The lowest BCUT2D eigenvalue weighted by atomic mass is 10.1. The summed E-state index contributed by atoms with van der Waals surface area (Å²) in [5.74, 6) is -7.50. The highest BCUT2D eigenvalue weighted by Crippen LogP contribution is 2.37. The average Bonchev–Trinajstić information content (AvgIpc) is 2.16. The Balaban J connectivity index is 2.71. The first-order valence-corrected chi connectivity index (χ1v) is 4.65. The molecule has 1 aliphatic rings. The average molecular weight is 246 g/mol. The number of amides is 1. The molecule has 0 aromatic carbocycles. The van der Waals surface area contributed by atoms with Crippen molar-refractivity contribution in [3.63, 3.8) is 0 Å². The Kier molecular flexibility index (Phi) is 3.41. The van der Waals surface area contributed by atoms with Gasteiger partial charge in [-0.1, -0.05) is 0 Å². The van der Waals surface area contributed by atoms with Crippen LogP contribution in [-0.4, -0.2) is 42.0 Å². The fourth-order valence-electron chi connectivity index (χ4n) is 1.42. The van der Waals surface area contributed by atoms with Gasteiger partial charge < -0.3 is 10.6 Å². The van der Waals surface area contributed by atoms with Gasteiger partial charge in [-0.15, -0.1) is 0 Å². The summed E-state index contributed by atoms with van der Waals surface area (Å²) < 4.78 is 61.0. The predicted molar refractivity (Wildman–Crippen MR) is 44.8 cm³/mol. The number of alkyl halides is 5. The maximum Gasteiger partial charge on any atom is 0.463 e. The van der Waals surface area contributed by atoms with Crippen LogP contribution in [0.5, 0.6) is 0 Å². The minimum atomic E-state index is -5.84. The number of carbonyl (C=O) groups excluding carboxylic acids is 1. The molecule has 1 heterocycles. The van der Waals surface area contributed by atoms with Crippen LogP contribution < -0.4 is 5.73 Å². The van der Waals surface area contributed by atoms with E-state index in [1.165, 1.54) is 0 Å². The first-order chi connectivity index (χ1) is 7.16.